The smallest absolute Gasteiger partial charge is 0.100 e. The minimum absolute atomic E-state index is 0.0399. The summed E-state index contributed by atoms with van der Waals surface area (Å²) in [5, 5.41) is 0. The highest BCUT2D eigenvalue weighted by molar-refractivity contribution is 5.12. The topological polar surface area (TPSA) is 18.5 Å². The third-order valence-electron chi connectivity index (χ3n) is 2.25. The summed E-state index contributed by atoms with van der Waals surface area (Å²) >= 11 is 0. The first-order chi connectivity index (χ1) is 5.18. The van der Waals surface area contributed by atoms with Crippen molar-refractivity contribution in [2.75, 3.05) is 13.2 Å². The van der Waals surface area contributed by atoms with Gasteiger partial charge in [0.1, 0.15) is 6.10 Å². The number of hydrogen-bond donors (Lipinski definition) is 0. The van der Waals surface area contributed by atoms with Gasteiger partial charge in [-0.05, 0) is 20.3 Å². The van der Waals surface area contributed by atoms with Crippen LogP contribution in [-0.2, 0) is 9.47 Å². The maximum absolute atomic E-state index is 5.78. The van der Waals surface area contributed by atoms with Gasteiger partial charge in [-0.3, -0.25) is 0 Å². The Labute approximate surface area is 67.2 Å². The molecule has 0 radical (unpaired) electrons. The summed E-state index contributed by atoms with van der Waals surface area (Å²) in [6, 6.07) is 0. The fourth-order valence-corrected chi connectivity index (χ4v) is 1.97. The highest BCUT2D eigenvalue weighted by Crippen LogP contribution is 2.31. The zero-order valence-electron chi connectivity index (χ0n) is 7.09. The van der Waals surface area contributed by atoms with Crippen LogP contribution in [-0.4, -0.2) is 24.9 Å². The Morgan fingerprint density at radius 1 is 1.64 bits per heavy atom. The van der Waals surface area contributed by atoms with Crippen LogP contribution < -0.4 is 0 Å². The third kappa shape index (κ3) is 1.33. The maximum Gasteiger partial charge on any atom is 0.100 e. The summed E-state index contributed by atoms with van der Waals surface area (Å²) in [7, 11) is 0. The fraction of sp³-hybridized carbons (Fsp3) is 0.778. The molecule has 0 aromatic heterocycles. The second kappa shape index (κ2) is 2.32. The van der Waals surface area contributed by atoms with Crippen molar-refractivity contribution in [3.8, 4) is 0 Å². The van der Waals surface area contributed by atoms with Crippen molar-refractivity contribution in [3.63, 3.8) is 0 Å². The second-order valence-electron chi connectivity index (χ2n) is 3.81. The minimum Gasteiger partial charge on any atom is -0.375 e. The molecule has 2 nitrogen and oxygen atoms in total. The maximum atomic E-state index is 5.78. The van der Waals surface area contributed by atoms with Crippen LogP contribution in [0.25, 0.3) is 0 Å². The molecule has 2 aliphatic rings. The van der Waals surface area contributed by atoms with Crippen molar-refractivity contribution in [1.29, 1.82) is 0 Å². The van der Waals surface area contributed by atoms with Crippen LogP contribution in [0.1, 0.15) is 20.3 Å². The molecule has 2 rings (SSSR count). The standard InChI is InChI=1S/C9H14O2/c1-7-3-8-5-10-6-9(2,4-7)11-8/h3,8H,4-6H2,1-2H3/t8-,9+/m1/s1. The molecule has 2 aliphatic heterocycles. The predicted molar refractivity (Wildman–Crippen MR) is 42.5 cm³/mol. The van der Waals surface area contributed by atoms with E-state index >= 15 is 0 Å². The Bertz CT molecular complexity index is 198. The highest BCUT2D eigenvalue weighted by atomic mass is 16.6. The van der Waals surface area contributed by atoms with E-state index in [1.807, 2.05) is 0 Å². The first kappa shape index (κ1) is 7.32. The lowest BCUT2D eigenvalue weighted by Gasteiger charge is -2.41. The van der Waals surface area contributed by atoms with Crippen molar-refractivity contribution in [2.45, 2.75) is 32.0 Å². The molecule has 62 valence electrons. The molecule has 2 heterocycles. The monoisotopic (exact) mass is 154 g/mol. The van der Waals surface area contributed by atoms with E-state index in [0.29, 0.717) is 0 Å². The predicted octanol–water partition coefficient (Wildman–Crippen LogP) is 1.51. The first-order valence-corrected chi connectivity index (χ1v) is 4.11. The molecule has 2 heteroatoms. The average molecular weight is 154 g/mol. The molecule has 0 N–H and O–H groups in total. The summed E-state index contributed by atoms with van der Waals surface area (Å²) in [4.78, 5) is 0. The number of fused-ring (bicyclic) bond motifs is 2. The lowest BCUT2D eigenvalue weighted by molar-refractivity contribution is -0.180. The van der Waals surface area contributed by atoms with Crippen molar-refractivity contribution < 1.29 is 9.47 Å². The summed E-state index contributed by atoms with van der Waals surface area (Å²) in [5.41, 5.74) is 1.40. The van der Waals surface area contributed by atoms with E-state index in [4.69, 9.17) is 9.47 Å². The van der Waals surface area contributed by atoms with Crippen LogP contribution in [0.15, 0.2) is 11.6 Å². The van der Waals surface area contributed by atoms with Crippen LogP contribution in [0.3, 0.4) is 0 Å². The normalized spacial score (nSPS) is 43.5. The van der Waals surface area contributed by atoms with Crippen LogP contribution in [0, 0.1) is 0 Å². The molecule has 1 saturated heterocycles. The van der Waals surface area contributed by atoms with Gasteiger partial charge in [-0.1, -0.05) is 11.6 Å². The zero-order chi connectivity index (χ0) is 7.90. The molecule has 11 heavy (non-hydrogen) atoms. The van der Waals surface area contributed by atoms with E-state index < -0.39 is 0 Å². The Morgan fingerprint density at radius 3 is 3.18 bits per heavy atom. The van der Waals surface area contributed by atoms with Crippen LogP contribution >= 0.6 is 0 Å². The minimum atomic E-state index is -0.0399. The molecule has 0 unspecified atom stereocenters. The van der Waals surface area contributed by atoms with Crippen molar-refractivity contribution in [3.05, 3.63) is 11.6 Å². The van der Waals surface area contributed by atoms with E-state index in [0.717, 1.165) is 19.6 Å². The van der Waals surface area contributed by atoms with E-state index in [9.17, 15) is 0 Å². The van der Waals surface area contributed by atoms with Crippen molar-refractivity contribution in [1.82, 2.24) is 0 Å². The van der Waals surface area contributed by atoms with Crippen LogP contribution in [0.4, 0.5) is 0 Å². The number of hydrogen-bond acceptors (Lipinski definition) is 2. The summed E-state index contributed by atoms with van der Waals surface area (Å²) in [6.45, 7) is 5.76. The van der Waals surface area contributed by atoms with Crippen LogP contribution in [0.2, 0.25) is 0 Å². The summed E-state index contributed by atoms with van der Waals surface area (Å²) in [5.74, 6) is 0. The van der Waals surface area contributed by atoms with E-state index in [2.05, 4.69) is 19.9 Å². The van der Waals surface area contributed by atoms with E-state index in [1.165, 1.54) is 5.57 Å². The van der Waals surface area contributed by atoms with E-state index in [1.54, 1.807) is 0 Å². The van der Waals surface area contributed by atoms with Gasteiger partial charge in [0, 0.05) is 0 Å². The zero-order valence-corrected chi connectivity index (χ0v) is 7.09. The van der Waals surface area contributed by atoms with E-state index in [-0.39, 0.29) is 11.7 Å². The van der Waals surface area contributed by atoms with Gasteiger partial charge in [0.05, 0.1) is 18.8 Å². The van der Waals surface area contributed by atoms with Gasteiger partial charge in [0.2, 0.25) is 0 Å². The molecule has 0 aromatic carbocycles. The van der Waals surface area contributed by atoms with Gasteiger partial charge in [-0.2, -0.15) is 0 Å². The number of ether oxygens (including phenoxy) is 2. The highest BCUT2D eigenvalue weighted by Gasteiger charge is 2.36. The molecular weight excluding hydrogens is 140 g/mol. The van der Waals surface area contributed by atoms with Crippen molar-refractivity contribution >= 4 is 0 Å². The molecule has 0 spiro atoms. The quantitative estimate of drug-likeness (QED) is 0.492. The van der Waals surface area contributed by atoms with Crippen molar-refractivity contribution in [2.24, 2.45) is 0 Å². The SMILES string of the molecule is CC1=C[C@@H]2COC[C@](C)(C1)O2. The molecule has 0 saturated carbocycles. The van der Waals surface area contributed by atoms with Crippen LogP contribution in [0.5, 0.6) is 0 Å². The Kier molecular flexibility index (Phi) is 1.55. The molecule has 2 atom stereocenters. The Balaban J connectivity index is 2.23. The number of rotatable bonds is 0. The lowest BCUT2D eigenvalue weighted by Crippen LogP contribution is -2.47. The summed E-state index contributed by atoms with van der Waals surface area (Å²) in [6.07, 6.45) is 3.40. The molecular formula is C9H14O2. The molecule has 0 amide bonds. The molecule has 1 fully saturated rings. The largest absolute Gasteiger partial charge is 0.375 e. The Hall–Kier alpha value is -0.340. The van der Waals surface area contributed by atoms with Gasteiger partial charge in [0.25, 0.3) is 0 Å². The Morgan fingerprint density at radius 2 is 2.45 bits per heavy atom. The summed E-state index contributed by atoms with van der Waals surface area (Å²) < 4.78 is 11.2. The third-order valence-corrected chi connectivity index (χ3v) is 2.25. The van der Waals surface area contributed by atoms with Gasteiger partial charge in [-0.15, -0.1) is 0 Å². The lowest BCUT2D eigenvalue weighted by atomic mass is 9.92. The fourth-order valence-electron chi connectivity index (χ4n) is 1.97. The second-order valence-corrected chi connectivity index (χ2v) is 3.81. The molecule has 2 bridgehead atoms. The molecule has 0 aromatic rings. The van der Waals surface area contributed by atoms with Gasteiger partial charge in [0.15, 0.2) is 0 Å². The van der Waals surface area contributed by atoms with Gasteiger partial charge >= 0.3 is 0 Å². The van der Waals surface area contributed by atoms with Gasteiger partial charge < -0.3 is 9.47 Å². The average Bonchev–Trinajstić information content (AvgIpc) is 1.82. The molecule has 0 aliphatic carbocycles. The first-order valence-electron chi connectivity index (χ1n) is 4.11. The van der Waals surface area contributed by atoms with Gasteiger partial charge in [-0.25, -0.2) is 0 Å².